The first-order valence-corrected chi connectivity index (χ1v) is 7.57. The van der Waals surface area contributed by atoms with Crippen LogP contribution in [0, 0.1) is 0 Å². The van der Waals surface area contributed by atoms with Crippen LogP contribution in [0.1, 0.15) is 48.7 Å². The molecule has 3 rings (SSSR count). The number of hydrogen-bond donors (Lipinski definition) is 1. The minimum Gasteiger partial charge on any atom is -0.308 e. The summed E-state index contributed by atoms with van der Waals surface area (Å²) in [6, 6.07) is 4.47. The molecule has 2 aromatic rings. The maximum atomic E-state index is 4.63. The third-order valence-corrected chi connectivity index (χ3v) is 4.25. The van der Waals surface area contributed by atoms with Gasteiger partial charge in [-0.05, 0) is 37.4 Å². The minimum atomic E-state index is 0.234. The molecule has 0 radical (unpaired) electrons. The lowest BCUT2D eigenvalue weighted by molar-refractivity contribution is 0.395. The Bertz CT molecular complexity index is 526. The molecule has 1 N–H and O–H groups in total. The van der Waals surface area contributed by atoms with E-state index in [4.69, 9.17) is 0 Å². The molecular formula is C14H18N4S. The number of rotatable bonds is 4. The van der Waals surface area contributed by atoms with Gasteiger partial charge >= 0.3 is 0 Å². The molecule has 5 heteroatoms. The van der Waals surface area contributed by atoms with Gasteiger partial charge in [0.05, 0.1) is 29.7 Å². The Kier molecular flexibility index (Phi) is 3.84. The topological polar surface area (TPSA) is 50.7 Å². The van der Waals surface area contributed by atoms with Gasteiger partial charge in [0.15, 0.2) is 0 Å². The maximum absolute atomic E-state index is 4.63. The lowest BCUT2D eigenvalue weighted by atomic mass is 9.81. The summed E-state index contributed by atoms with van der Waals surface area (Å²) in [5.74, 6) is 0.411. The average Bonchev–Trinajstić information content (AvgIpc) is 2.98. The molecule has 100 valence electrons. The number of nitrogens with zero attached hydrogens (tertiary/aromatic N) is 3. The Morgan fingerprint density at radius 1 is 1.53 bits per heavy atom. The largest absolute Gasteiger partial charge is 0.308 e. The van der Waals surface area contributed by atoms with Crippen molar-refractivity contribution in [2.24, 2.45) is 0 Å². The van der Waals surface area contributed by atoms with Gasteiger partial charge in [-0.25, -0.2) is 0 Å². The third-order valence-electron chi connectivity index (χ3n) is 3.76. The van der Waals surface area contributed by atoms with Crippen LogP contribution in [0.3, 0.4) is 0 Å². The number of aromatic nitrogens is 3. The van der Waals surface area contributed by atoms with Gasteiger partial charge in [0.1, 0.15) is 0 Å². The number of pyridine rings is 1. The number of hydrogen-bond acceptors (Lipinski definition) is 5. The van der Waals surface area contributed by atoms with Gasteiger partial charge in [0, 0.05) is 17.8 Å². The highest BCUT2D eigenvalue weighted by atomic mass is 32.1. The van der Waals surface area contributed by atoms with E-state index in [0.29, 0.717) is 5.92 Å². The fourth-order valence-corrected chi connectivity index (χ4v) is 3.41. The van der Waals surface area contributed by atoms with Crippen molar-refractivity contribution in [3.05, 3.63) is 41.5 Å². The molecule has 2 atom stereocenters. The monoisotopic (exact) mass is 274 g/mol. The summed E-state index contributed by atoms with van der Waals surface area (Å²) in [5, 5.41) is 3.56. The summed E-state index contributed by atoms with van der Waals surface area (Å²) in [5.41, 5.74) is 3.69. The summed E-state index contributed by atoms with van der Waals surface area (Å²) >= 11 is 1.28. The molecule has 2 heterocycles. The highest BCUT2D eigenvalue weighted by Gasteiger charge is 2.30. The Hall–Kier alpha value is -1.33. The van der Waals surface area contributed by atoms with Crippen molar-refractivity contribution in [1.82, 2.24) is 19.0 Å². The number of likely N-dealkylation sites (N-methyl/N-ethyl adjacent to an activating group) is 1. The fourth-order valence-electron chi connectivity index (χ4n) is 2.95. The second-order valence-electron chi connectivity index (χ2n) is 4.91. The SMILES string of the molecule is CCNC(c1cnsn1)C1CCCc2cccnc21. The van der Waals surface area contributed by atoms with Crippen LogP contribution in [-0.4, -0.2) is 20.3 Å². The van der Waals surface area contributed by atoms with Gasteiger partial charge < -0.3 is 5.32 Å². The van der Waals surface area contributed by atoms with E-state index in [9.17, 15) is 0 Å². The molecule has 19 heavy (non-hydrogen) atoms. The summed E-state index contributed by atoms with van der Waals surface area (Å²) in [4.78, 5) is 4.63. The van der Waals surface area contributed by atoms with Crippen molar-refractivity contribution in [1.29, 1.82) is 0 Å². The molecule has 0 amide bonds. The Balaban J connectivity index is 1.96. The van der Waals surface area contributed by atoms with Crippen molar-refractivity contribution >= 4 is 11.7 Å². The second-order valence-corrected chi connectivity index (χ2v) is 5.47. The van der Waals surface area contributed by atoms with E-state index in [1.165, 1.54) is 35.8 Å². The van der Waals surface area contributed by atoms with Crippen molar-refractivity contribution < 1.29 is 0 Å². The van der Waals surface area contributed by atoms with E-state index in [1.807, 2.05) is 18.5 Å². The van der Waals surface area contributed by atoms with E-state index in [-0.39, 0.29) is 6.04 Å². The number of aryl methyl sites for hydroxylation is 1. The summed E-state index contributed by atoms with van der Waals surface area (Å²) in [7, 11) is 0. The van der Waals surface area contributed by atoms with Gasteiger partial charge in [-0.2, -0.15) is 8.75 Å². The van der Waals surface area contributed by atoms with Gasteiger partial charge in [0.2, 0.25) is 0 Å². The molecule has 0 fully saturated rings. The van der Waals surface area contributed by atoms with E-state index in [2.05, 4.69) is 32.0 Å². The van der Waals surface area contributed by atoms with Crippen molar-refractivity contribution in [3.8, 4) is 0 Å². The quantitative estimate of drug-likeness (QED) is 0.931. The molecule has 1 aliphatic rings. The van der Waals surface area contributed by atoms with Crippen molar-refractivity contribution in [2.75, 3.05) is 6.54 Å². The maximum Gasteiger partial charge on any atom is 0.0919 e. The molecular weight excluding hydrogens is 256 g/mol. The molecule has 0 saturated carbocycles. The van der Waals surface area contributed by atoms with Gasteiger partial charge in [-0.3, -0.25) is 4.98 Å². The summed E-state index contributed by atoms with van der Waals surface area (Å²) < 4.78 is 8.57. The van der Waals surface area contributed by atoms with Crippen LogP contribution >= 0.6 is 11.7 Å². The lowest BCUT2D eigenvalue weighted by Gasteiger charge is -2.30. The van der Waals surface area contributed by atoms with E-state index in [0.717, 1.165) is 18.7 Å². The lowest BCUT2D eigenvalue weighted by Crippen LogP contribution is -2.30. The second kappa shape index (κ2) is 5.75. The highest BCUT2D eigenvalue weighted by Crippen LogP contribution is 2.38. The van der Waals surface area contributed by atoms with Gasteiger partial charge in [-0.15, -0.1) is 0 Å². The van der Waals surface area contributed by atoms with Crippen LogP contribution in [0.4, 0.5) is 0 Å². The van der Waals surface area contributed by atoms with Crippen LogP contribution in [0.5, 0.6) is 0 Å². The van der Waals surface area contributed by atoms with Crippen LogP contribution in [0.25, 0.3) is 0 Å². The standard InChI is InChI=1S/C14H18N4S/c1-2-15-14(12-9-17-19-18-12)11-7-3-5-10-6-4-8-16-13(10)11/h4,6,8-9,11,14-15H,2-3,5,7H2,1H3. The Labute approximate surface area is 117 Å². The van der Waals surface area contributed by atoms with Crippen LogP contribution in [0.15, 0.2) is 24.5 Å². The molecule has 1 aliphatic carbocycles. The van der Waals surface area contributed by atoms with Crippen molar-refractivity contribution in [3.63, 3.8) is 0 Å². The van der Waals surface area contributed by atoms with E-state index >= 15 is 0 Å². The predicted octanol–water partition coefficient (Wildman–Crippen LogP) is 2.70. The van der Waals surface area contributed by atoms with Crippen LogP contribution in [0.2, 0.25) is 0 Å². The summed E-state index contributed by atoms with van der Waals surface area (Å²) in [6.07, 6.45) is 7.32. The van der Waals surface area contributed by atoms with Gasteiger partial charge in [-0.1, -0.05) is 13.0 Å². The Morgan fingerprint density at radius 2 is 2.47 bits per heavy atom. The van der Waals surface area contributed by atoms with Crippen LogP contribution in [-0.2, 0) is 6.42 Å². The molecule has 0 bridgehead atoms. The molecule has 2 aromatic heterocycles. The molecule has 2 unspecified atom stereocenters. The smallest absolute Gasteiger partial charge is 0.0919 e. The predicted molar refractivity (Wildman–Crippen MR) is 76.2 cm³/mol. The zero-order valence-electron chi connectivity index (χ0n) is 11.0. The minimum absolute atomic E-state index is 0.234. The molecule has 0 spiro atoms. The fraction of sp³-hybridized carbons (Fsp3) is 0.500. The average molecular weight is 274 g/mol. The molecule has 4 nitrogen and oxygen atoms in total. The third kappa shape index (κ3) is 2.53. The van der Waals surface area contributed by atoms with Crippen molar-refractivity contribution in [2.45, 2.75) is 38.1 Å². The van der Waals surface area contributed by atoms with E-state index < -0.39 is 0 Å². The first kappa shape index (κ1) is 12.7. The number of fused-ring (bicyclic) bond motifs is 1. The Morgan fingerprint density at radius 3 is 3.26 bits per heavy atom. The zero-order chi connectivity index (χ0) is 13.1. The molecule has 0 aromatic carbocycles. The molecule has 0 saturated heterocycles. The zero-order valence-corrected chi connectivity index (χ0v) is 11.9. The normalized spacial score (nSPS) is 19.9. The van der Waals surface area contributed by atoms with Gasteiger partial charge in [0.25, 0.3) is 0 Å². The summed E-state index contributed by atoms with van der Waals surface area (Å²) in [6.45, 7) is 3.07. The van der Waals surface area contributed by atoms with Crippen LogP contribution < -0.4 is 5.32 Å². The molecule has 0 aliphatic heterocycles. The first-order valence-electron chi connectivity index (χ1n) is 6.84. The van der Waals surface area contributed by atoms with E-state index in [1.54, 1.807) is 0 Å². The highest BCUT2D eigenvalue weighted by molar-refractivity contribution is 6.99. The first-order chi connectivity index (χ1) is 9.40. The number of nitrogens with one attached hydrogen (secondary N) is 1.